The maximum absolute atomic E-state index is 5.39. The lowest BCUT2D eigenvalue weighted by Crippen LogP contribution is -2.41. The van der Waals surface area contributed by atoms with Gasteiger partial charge in [0.25, 0.3) is 0 Å². The summed E-state index contributed by atoms with van der Waals surface area (Å²) in [6, 6.07) is 6.09. The molecule has 2 rings (SSSR count). The van der Waals surface area contributed by atoms with Gasteiger partial charge in [-0.1, -0.05) is 13.0 Å². The first-order valence-electron chi connectivity index (χ1n) is 10.4. The Morgan fingerprint density at radius 2 is 1.93 bits per heavy atom. The maximum Gasteiger partial charge on any atom is 0.193 e. The molecule has 0 unspecified atom stereocenters. The van der Waals surface area contributed by atoms with Crippen LogP contribution in [0.25, 0.3) is 0 Å². The van der Waals surface area contributed by atoms with Crippen LogP contribution in [0.3, 0.4) is 0 Å². The van der Waals surface area contributed by atoms with Crippen molar-refractivity contribution in [3.8, 4) is 11.5 Å². The molecule has 0 aliphatic carbocycles. The number of nitrogens with one attached hydrogen (secondary N) is 1. The molecule has 6 heteroatoms. The summed E-state index contributed by atoms with van der Waals surface area (Å²) in [7, 11) is 7.26. The Labute approximate surface area is 170 Å². The van der Waals surface area contributed by atoms with Crippen LogP contribution in [-0.2, 0) is 6.42 Å². The zero-order chi connectivity index (χ0) is 20.4. The third kappa shape index (κ3) is 6.89. The van der Waals surface area contributed by atoms with Crippen molar-refractivity contribution in [2.45, 2.75) is 32.6 Å². The van der Waals surface area contributed by atoms with Crippen LogP contribution in [0.1, 0.15) is 31.7 Å². The van der Waals surface area contributed by atoms with Crippen LogP contribution in [-0.4, -0.2) is 76.8 Å². The number of piperidine rings is 1. The summed E-state index contributed by atoms with van der Waals surface area (Å²) >= 11 is 0. The molecule has 28 heavy (non-hydrogen) atoms. The monoisotopic (exact) mass is 390 g/mol. The first-order valence-corrected chi connectivity index (χ1v) is 10.4. The van der Waals surface area contributed by atoms with E-state index in [2.05, 4.69) is 40.1 Å². The van der Waals surface area contributed by atoms with Gasteiger partial charge in [-0.05, 0) is 68.9 Å². The second kappa shape index (κ2) is 11.8. The van der Waals surface area contributed by atoms with E-state index >= 15 is 0 Å². The van der Waals surface area contributed by atoms with Crippen LogP contribution in [0, 0.1) is 5.92 Å². The topological polar surface area (TPSA) is 49.3 Å². The molecule has 1 heterocycles. The smallest absolute Gasteiger partial charge is 0.193 e. The van der Waals surface area contributed by atoms with E-state index in [0.29, 0.717) is 0 Å². The van der Waals surface area contributed by atoms with Gasteiger partial charge in [0.1, 0.15) is 0 Å². The fraction of sp³-hybridized carbons (Fsp3) is 0.682. The van der Waals surface area contributed by atoms with Crippen molar-refractivity contribution in [1.29, 1.82) is 0 Å². The predicted molar refractivity (Wildman–Crippen MR) is 117 cm³/mol. The molecule has 1 aliphatic rings. The number of likely N-dealkylation sites (tertiary alicyclic amines) is 1. The summed E-state index contributed by atoms with van der Waals surface area (Å²) in [6.07, 6.45) is 4.75. The minimum atomic E-state index is 0.764. The normalized spacial score (nSPS) is 16.1. The largest absolute Gasteiger partial charge is 0.493 e. The lowest BCUT2D eigenvalue weighted by Gasteiger charge is -2.30. The average Bonchev–Trinajstić information content (AvgIpc) is 2.73. The number of rotatable bonds is 9. The second-order valence-corrected chi connectivity index (χ2v) is 7.71. The third-order valence-corrected chi connectivity index (χ3v) is 5.57. The minimum Gasteiger partial charge on any atom is -0.493 e. The van der Waals surface area contributed by atoms with Crippen molar-refractivity contribution in [2.75, 3.05) is 61.0 Å². The van der Waals surface area contributed by atoms with E-state index in [1.807, 2.05) is 19.2 Å². The summed E-state index contributed by atoms with van der Waals surface area (Å²) in [5, 5.41) is 3.50. The molecule has 6 nitrogen and oxygen atoms in total. The van der Waals surface area contributed by atoms with Crippen molar-refractivity contribution < 1.29 is 9.47 Å². The summed E-state index contributed by atoms with van der Waals surface area (Å²) in [6.45, 7) is 7.88. The Bertz CT molecular complexity index is 613. The van der Waals surface area contributed by atoms with Crippen molar-refractivity contribution >= 4 is 5.96 Å². The second-order valence-electron chi connectivity index (χ2n) is 7.71. The molecule has 1 aromatic carbocycles. The van der Waals surface area contributed by atoms with Crippen LogP contribution >= 0.6 is 0 Å². The van der Waals surface area contributed by atoms with Crippen molar-refractivity contribution in [3.05, 3.63) is 23.8 Å². The fourth-order valence-electron chi connectivity index (χ4n) is 3.61. The number of likely N-dealkylation sites (N-methyl/N-ethyl adjacent to an activating group) is 1. The van der Waals surface area contributed by atoms with E-state index in [1.165, 1.54) is 38.0 Å². The van der Waals surface area contributed by atoms with Gasteiger partial charge in [-0.15, -0.1) is 0 Å². The van der Waals surface area contributed by atoms with Crippen LogP contribution in [0.15, 0.2) is 23.2 Å². The molecule has 1 aliphatic heterocycles. The highest BCUT2D eigenvalue weighted by Crippen LogP contribution is 2.27. The Balaban J connectivity index is 1.72. The first kappa shape index (κ1) is 22.3. The number of ether oxygens (including phenoxy) is 2. The van der Waals surface area contributed by atoms with E-state index in [0.717, 1.165) is 49.3 Å². The molecule has 158 valence electrons. The molecule has 0 atom stereocenters. The molecule has 0 aromatic heterocycles. The summed E-state index contributed by atoms with van der Waals surface area (Å²) < 4.78 is 10.7. The average molecular weight is 391 g/mol. The third-order valence-electron chi connectivity index (χ3n) is 5.57. The van der Waals surface area contributed by atoms with Gasteiger partial charge in [0.15, 0.2) is 17.5 Å². The van der Waals surface area contributed by atoms with Gasteiger partial charge in [-0.3, -0.25) is 4.99 Å². The lowest BCUT2D eigenvalue weighted by molar-refractivity contribution is 0.191. The number of benzene rings is 1. The van der Waals surface area contributed by atoms with Gasteiger partial charge in [-0.25, -0.2) is 0 Å². The number of methoxy groups -OCH3 is 2. The first-order chi connectivity index (χ1) is 13.6. The Morgan fingerprint density at radius 3 is 2.57 bits per heavy atom. The van der Waals surface area contributed by atoms with Gasteiger partial charge in [-0.2, -0.15) is 0 Å². The number of hydrogen-bond acceptors (Lipinski definition) is 4. The zero-order valence-electron chi connectivity index (χ0n) is 18.3. The van der Waals surface area contributed by atoms with E-state index in [9.17, 15) is 0 Å². The van der Waals surface area contributed by atoms with Crippen LogP contribution in [0.4, 0.5) is 0 Å². The summed E-state index contributed by atoms with van der Waals surface area (Å²) in [5.41, 5.74) is 1.22. The van der Waals surface area contributed by atoms with E-state index < -0.39 is 0 Å². The molecular weight excluding hydrogens is 352 g/mol. The van der Waals surface area contributed by atoms with E-state index in [-0.39, 0.29) is 0 Å². The van der Waals surface area contributed by atoms with Crippen LogP contribution < -0.4 is 14.8 Å². The SMILES string of the molecule is CN=C(NCCCN1CCC(C)CC1)N(C)CCc1ccc(OC)c(OC)c1. The summed E-state index contributed by atoms with van der Waals surface area (Å²) in [4.78, 5) is 9.20. The quantitative estimate of drug-likeness (QED) is 0.399. The molecular formula is C22H38N4O2. The van der Waals surface area contributed by atoms with Crippen molar-refractivity contribution in [1.82, 2.24) is 15.1 Å². The van der Waals surface area contributed by atoms with Crippen LogP contribution in [0.2, 0.25) is 0 Å². The highest BCUT2D eigenvalue weighted by Gasteiger charge is 2.15. The summed E-state index contributed by atoms with van der Waals surface area (Å²) in [5.74, 6) is 3.39. The Kier molecular flexibility index (Phi) is 9.41. The van der Waals surface area contributed by atoms with Crippen molar-refractivity contribution in [2.24, 2.45) is 10.9 Å². The van der Waals surface area contributed by atoms with E-state index in [4.69, 9.17) is 9.47 Å². The molecule has 0 amide bonds. The Hall–Kier alpha value is -1.95. The molecule has 0 saturated carbocycles. The van der Waals surface area contributed by atoms with Crippen molar-refractivity contribution in [3.63, 3.8) is 0 Å². The number of hydrogen-bond donors (Lipinski definition) is 1. The van der Waals surface area contributed by atoms with Gasteiger partial charge in [0, 0.05) is 27.2 Å². The van der Waals surface area contributed by atoms with Crippen LogP contribution in [0.5, 0.6) is 11.5 Å². The molecule has 0 spiro atoms. The van der Waals surface area contributed by atoms with Gasteiger partial charge < -0.3 is 24.6 Å². The van der Waals surface area contributed by atoms with Gasteiger partial charge in [0.2, 0.25) is 0 Å². The predicted octanol–water partition coefficient (Wildman–Crippen LogP) is 2.88. The molecule has 0 bridgehead atoms. The standard InChI is InChI=1S/C22H38N4O2/c1-18-9-15-26(16-10-18)13-6-12-24-22(23-2)25(3)14-11-19-7-8-20(27-4)21(17-19)28-5/h7-8,17-18H,6,9-16H2,1-5H3,(H,23,24). The highest BCUT2D eigenvalue weighted by atomic mass is 16.5. The number of aliphatic imine (C=N–C) groups is 1. The maximum atomic E-state index is 5.39. The number of guanidine groups is 1. The molecule has 1 N–H and O–H groups in total. The lowest BCUT2D eigenvalue weighted by atomic mass is 9.99. The number of nitrogens with zero attached hydrogens (tertiary/aromatic N) is 3. The minimum absolute atomic E-state index is 0.764. The highest BCUT2D eigenvalue weighted by molar-refractivity contribution is 5.79. The Morgan fingerprint density at radius 1 is 1.21 bits per heavy atom. The zero-order valence-corrected chi connectivity index (χ0v) is 18.3. The molecule has 1 aromatic rings. The van der Waals surface area contributed by atoms with Gasteiger partial charge in [0.05, 0.1) is 14.2 Å². The fourth-order valence-corrected chi connectivity index (χ4v) is 3.61. The molecule has 1 saturated heterocycles. The van der Waals surface area contributed by atoms with E-state index in [1.54, 1.807) is 14.2 Å². The molecule has 0 radical (unpaired) electrons. The van der Waals surface area contributed by atoms with Gasteiger partial charge >= 0.3 is 0 Å². The molecule has 1 fully saturated rings.